The molecule has 0 bridgehead atoms. The van der Waals surface area contributed by atoms with E-state index in [2.05, 4.69) is 43.1 Å². The number of carboxylic acid groups (broad SMARTS) is 1. The molecule has 0 aliphatic rings. The number of hydrogen-bond donors (Lipinski definition) is 1. The highest BCUT2D eigenvalue weighted by atomic mass is 32.2. The number of carbonyl (C=O) groups is 1. The minimum atomic E-state index is -0.934. The second-order valence-corrected chi connectivity index (χ2v) is 5.81. The third-order valence-electron chi connectivity index (χ3n) is 3.02. The minimum Gasteiger partial charge on any atom is -0.478 e. The van der Waals surface area contributed by atoms with Gasteiger partial charge in [0, 0.05) is 11.9 Å². The van der Waals surface area contributed by atoms with Gasteiger partial charge in [-0.05, 0) is 29.2 Å². The lowest BCUT2D eigenvalue weighted by atomic mass is 10.0. The van der Waals surface area contributed by atoms with E-state index in [0.717, 1.165) is 5.75 Å². The zero-order valence-corrected chi connectivity index (χ0v) is 12.4. The van der Waals surface area contributed by atoms with Crippen LogP contribution in [-0.4, -0.2) is 16.1 Å². The zero-order valence-electron chi connectivity index (χ0n) is 11.5. The first-order chi connectivity index (χ1) is 9.58. The largest absolute Gasteiger partial charge is 0.478 e. The predicted octanol–water partition coefficient (Wildman–Crippen LogP) is 4.20. The van der Waals surface area contributed by atoms with Gasteiger partial charge in [0.15, 0.2) is 0 Å². The maximum Gasteiger partial charge on any atom is 0.338 e. The van der Waals surface area contributed by atoms with E-state index in [4.69, 9.17) is 5.11 Å². The van der Waals surface area contributed by atoms with E-state index >= 15 is 0 Å². The summed E-state index contributed by atoms with van der Waals surface area (Å²) in [6.07, 6.45) is 1.62. The molecular weight excluding hydrogens is 270 g/mol. The fourth-order valence-electron chi connectivity index (χ4n) is 1.82. The van der Waals surface area contributed by atoms with Crippen LogP contribution in [0.1, 0.15) is 41.3 Å². The molecule has 2 aromatic rings. The molecule has 0 amide bonds. The molecule has 0 unspecified atom stereocenters. The van der Waals surface area contributed by atoms with Crippen molar-refractivity contribution >= 4 is 17.7 Å². The molecule has 0 radical (unpaired) electrons. The standard InChI is InChI=1S/C16H17NO2S/c1-11(2)13-7-5-12(6-8-13)10-20-15-14(16(18)19)4-3-9-17-15/h3-9,11H,10H2,1-2H3,(H,18,19). The van der Waals surface area contributed by atoms with E-state index in [1.165, 1.54) is 22.9 Å². The molecule has 20 heavy (non-hydrogen) atoms. The van der Waals surface area contributed by atoms with E-state index in [1.54, 1.807) is 18.3 Å². The summed E-state index contributed by atoms with van der Waals surface area (Å²) >= 11 is 1.45. The van der Waals surface area contributed by atoms with Gasteiger partial charge in [-0.15, -0.1) is 11.8 Å². The Hall–Kier alpha value is -1.81. The highest BCUT2D eigenvalue weighted by molar-refractivity contribution is 7.98. The summed E-state index contributed by atoms with van der Waals surface area (Å²) in [6, 6.07) is 11.6. The SMILES string of the molecule is CC(C)c1ccc(CSc2ncccc2C(=O)O)cc1. The summed E-state index contributed by atoms with van der Waals surface area (Å²) in [5, 5.41) is 9.67. The fourth-order valence-corrected chi connectivity index (χ4v) is 2.76. The van der Waals surface area contributed by atoms with Crippen LogP contribution in [0.5, 0.6) is 0 Å². The molecule has 2 rings (SSSR count). The quantitative estimate of drug-likeness (QED) is 0.837. The van der Waals surface area contributed by atoms with Gasteiger partial charge in [0.1, 0.15) is 5.03 Å². The first-order valence-electron chi connectivity index (χ1n) is 6.48. The summed E-state index contributed by atoms with van der Waals surface area (Å²) in [5.41, 5.74) is 2.74. The number of benzene rings is 1. The monoisotopic (exact) mass is 287 g/mol. The van der Waals surface area contributed by atoms with Gasteiger partial charge in [0.05, 0.1) is 5.56 Å². The van der Waals surface area contributed by atoms with Crippen LogP contribution in [0.25, 0.3) is 0 Å². The van der Waals surface area contributed by atoms with Crippen molar-refractivity contribution < 1.29 is 9.90 Å². The van der Waals surface area contributed by atoms with Gasteiger partial charge in [0.2, 0.25) is 0 Å². The molecule has 0 saturated heterocycles. The van der Waals surface area contributed by atoms with Crippen LogP contribution >= 0.6 is 11.8 Å². The van der Waals surface area contributed by atoms with Crippen molar-refractivity contribution in [1.82, 2.24) is 4.98 Å². The Bertz CT molecular complexity index is 594. The normalized spacial score (nSPS) is 10.8. The number of thioether (sulfide) groups is 1. The van der Waals surface area contributed by atoms with Gasteiger partial charge in [-0.25, -0.2) is 9.78 Å². The maximum atomic E-state index is 11.1. The molecule has 1 aromatic carbocycles. The Kier molecular flexibility index (Phi) is 4.79. The highest BCUT2D eigenvalue weighted by Gasteiger charge is 2.11. The molecule has 1 heterocycles. The topological polar surface area (TPSA) is 50.2 Å². The molecule has 1 aromatic heterocycles. The number of hydrogen-bond acceptors (Lipinski definition) is 3. The predicted molar refractivity (Wildman–Crippen MR) is 81.3 cm³/mol. The molecule has 0 atom stereocenters. The molecule has 0 saturated carbocycles. The average molecular weight is 287 g/mol. The maximum absolute atomic E-state index is 11.1. The van der Waals surface area contributed by atoms with Crippen LogP contribution in [0.15, 0.2) is 47.6 Å². The average Bonchev–Trinajstić information content (AvgIpc) is 2.45. The zero-order chi connectivity index (χ0) is 14.5. The third-order valence-corrected chi connectivity index (χ3v) is 4.10. The smallest absolute Gasteiger partial charge is 0.338 e. The van der Waals surface area contributed by atoms with Crippen molar-refractivity contribution in [3.05, 3.63) is 59.3 Å². The van der Waals surface area contributed by atoms with Crippen molar-refractivity contribution in [3.63, 3.8) is 0 Å². The number of carboxylic acids is 1. The Morgan fingerprint density at radius 3 is 2.55 bits per heavy atom. The molecule has 1 N–H and O–H groups in total. The number of rotatable bonds is 5. The van der Waals surface area contributed by atoms with Crippen molar-refractivity contribution in [2.75, 3.05) is 0 Å². The Labute approximate surface area is 123 Å². The minimum absolute atomic E-state index is 0.260. The second-order valence-electron chi connectivity index (χ2n) is 4.85. The Morgan fingerprint density at radius 2 is 1.95 bits per heavy atom. The van der Waals surface area contributed by atoms with Crippen LogP contribution < -0.4 is 0 Å². The number of aromatic nitrogens is 1. The van der Waals surface area contributed by atoms with Crippen molar-refractivity contribution in [1.29, 1.82) is 0 Å². The van der Waals surface area contributed by atoms with Crippen LogP contribution in [-0.2, 0) is 5.75 Å². The lowest BCUT2D eigenvalue weighted by Crippen LogP contribution is -2.00. The molecule has 0 aliphatic carbocycles. The van der Waals surface area contributed by atoms with Crippen LogP contribution in [0.2, 0.25) is 0 Å². The van der Waals surface area contributed by atoms with Crippen LogP contribution in [0.4, 0.5) is 0 Å². The van der Waals surface area contributed by atoms with E-state index in [0.29, 0.717) is 10.9 Å². The Morgan fingerprint density at radius 1 is 1.25 bits per heavy atom. The molecule has 0 spiro atoms. The van der Waals surface area contributed by atoms with E-state index in [-0.39, 0.29) is 5.56 Å². The number of pyridine rings is 1. The van der Waals surface area contributed by atoms with Crippen molar-refractivity contribution in [3.8, 4) is 0 Å². The van der Waals surface area contributed by atoms with Gasteiger partial charge in [-0.3, -0.25) is 0 Å². The summed E-state index contributed by atoms with van der Waals surface area (Å²) in [7, 11) is 0. The summed E-state index contributed by atoms with van der Waals surface area (Å²) < 4.78 is 0. The van der Waals surface area contributed by atoms with Crippen LogP contribution in [0.3, 0.4) is 0 Å². The van der Waals surface area contributed by atoms with E-state index < -0.39 is 5.97 Å². The molecule has 4 heteroatoms. The van der Waals surface area contributed by atoms with Gasteiger partial charge in [-0.2, -0.15) is 0 Å². The summed E-state index contributed by atoms with van der Waals surface area (Å²) in [6.45, 7) is 4.33. The Balaban J connectivity index is 2.07. The van der Waals surface area contributed by atoms with Gasteiger partial charge in [0.25, 0.3) is 0 Å². The van der Waals surface area contributed by atoms with E-state index in [1.807, 2.05) is 0 Å². The summed E-state index contributed by atoms with van der Waals surface area (Å²) in [4.78, 5) is 15.2. The first-order valence-corrected chi connectivity index (χ1v) is 7.46. The van der Waals surface area contributed by atoms with Crippen molar-refractivity contribution in [2.45, 2.75) is 30.5 Å². The lowest BCUT2D eigenvalue weighted by molar-refractivity contribution is 0.0692. The van der Waals surface area contributed by atoms with Crippen molar-refractivity contribution in [2.24, 2.45) is 0 Å². The van der Waals surface area contributed by atoms with Gasteiger partial charge < -0.3 is 5.11 Å². The third kappa shape index (κ3) is 3.61. The molecule has 0 fully saturated rings. The van der Waals surface area contributed by atoms with Gasteiger partial charge >= 0.3 is 5.97 Å². The second kappa shape index (κ2) is 6.57. The highest BCUT2D eigenvalue weighted by Crippen LogP contribution is 2.25. The van der Waals surface area contributed by atoms with Gasteiger partial charge in [-0.1, -0.05) is 38.1 Å². The lowest BCUT2D eigenvalue weighted by Gasteiger charge is -2.07. The molecule has 0 aliphatic heterocycles. The first kappa shape index (κ1) is 14.6. The number of aromatic carboxylic acids is 1. The molecule has 3 nitrogen and oxygen atoms in total. The van der Waals surface area contributed by atoms with Crippen LogP contribution in [0, 0.1) is 0 Å². The summed E-state index contributed by atoms with van der Waals surface area (Å²) in [5.74, 6) is 0.303. The fraction of sp³-hybridized carbons (Fsp3) is 0.250. The molecular formula is C16H17NO2S. The number of nitrogens with zero attached hydrogens (tertiary/aromatic N) is 1. The molecule has 104 valence electrons. The van der Waals surface area contributed by atoms with E-state index in [9.17, 15) is 4.79 Å².